The summed E-state index contributed by atoms with van der Waals surface area (Å²) in [5.41, 5.74) is 6.23. The maximum absolute atomic E-state index is 4.14. The van der Waals surface area contributed by atoms with Crippen LogP contribution in [0.3, 0.4) is 0 Å². The van der Waals surface area contributed by atoms with Crippen molar-refractivity contribution in [3.63, 3.8) is 0 Å². The first-order valence-corrected chi connectivity index (χ1v) is 16.6. The zero-order valence-corrected chi connectivity index (χ0v) is 26.9. The Kier molecular flexibility index (Phi) is 7.66. The molecule has 220 valence electrons. The zero-order chi connectivity index (χ0) is 29.7. The number of benzene rings is 2. The second-order valence-corrected chi connectivity index (χ2v) is 15.8. The van der Waals surface area contributed by atoms with E-state index in [0.29, 0.717) is 35.5 Å². The van der Waals surface area contributed by atoms with E-state index in [0.717, 1.165) is 12.3 Å². The Morgan fingerprint density at radius 1 is 0.667 bits per heavy atom. The molecule has 0 radical (unpaired) electrons. The van der Waals surface area contributed by atoms with E-state index < -0.39 is 0 Å². The van der Waals surface area contributed by atoms with Gasteiger partial charge in [0.25, 0.3) is 0 Å². The SMILES string of the molecule is C=CCC1CCC(C(c2ccccc2)(c2ccccc2)C2C3C=C(C(C)(C)C)C=CC3C3C=CC(C(C)(C)C)=CC32)C1. The standard InChI is InChI=1S/C42H52/c1-8-15-29-20-21-34(26-29)42(30-16-11-9-12-17-30,31-18-13-10-14-19-31)39-37-27-32(40(2,3)4)22-24-35(37)36-25-23-33(28-38(36)39)41(5,6)7/h8-14,16-19,22-25,27-29,34-39H,1,15,20-21,26H2,2-7H3. The summed E-state index contributed by atoms with van der Waals surface area (Å²) < 4.78 is 0. The molecule has 0 saturated heterocycles. The van der Waals surface area contributed by atoms with Gasteiger partial charge in [-0.25, -0.2) is 0 Å². The van der Waals surface area contributed by atoms with E-state index in [2.05, 4.69) is 151 Å². The van der Waals surface area contributed by atoms with Gasteiger partial charge in [-0.05, 0) is 100 Å². The minimum atomic E-state index is -0.0733. The quantitative estimate of drug-likeness (QED) is 0.310. The Bertz CT molecular complexity index is 1290. The number of hydrogen-bond acceptors (Lipinski definition) is 0. The molecule has 0 bridgehead atoms. The van der Waals surface area contributed by atoms with Crippen molar-refractivity contribution in [2.75, 3.05) is 0 Å². The molecular weight excluding hydrogens is 504 g/mol. The van der Waals surface area contributed by atoms with Gasteiger partial charge in [0.1, 0.15) is 0 Å². The number of allylic oxidation sites excluding steroid dienone is 9. The molecule has 42 heavy (non-hydrogen) atoms. The highest BCUT2D eigenvalue weighted by Gasteiger charge is 2.61. The summed E-state index contributed by atoms with van der Waals surface area (Å²) in [6, 6.07) is 23.5. The molecule has 0 heterocycles. The molecule has 6 atom stereocenters. The molecule has 0 N–H and O–H groups in total. The molecule has 0 amide bonds. The lowest BCUT2D eigenvalue weighted by molar-refractivity contribution is 0.154. The molecule has 0 heteroatoms. The van der Waals surface area contributed by atoms with Crippen LogP contribution >= 0.6 is 0 Å². The average Bonchev–Trinajstić information content (AvgIpc) is 3.57. The Morgan fingerprint density at radius 3 is 1.57 bits per heavy atom. The van der Waals surface area contributed by atoms with Crippen LogP contribution in [0.15, 0.2) is 121 Å². The Morgan fingerprint density at radius 2 is 1.14 bits per heavy atom. The molecule has 0 spiro atoms. The van der Waals surface area contributed by atoms with E-state index in [1.54, 1.807) is 0 Å². The van der Waals surface area contributed by atoms with Gasteiger partial charge in [0.05, 0.1) is 0 Å². The van der Waals surface area contributed by atoms with Crippen LogP contribution in [-0.4, -0.2) is 0 Å². The molecule has 2 aromatic carbocycles. The monoisotopic (exact) mass is 556 g/mol. The van der Waals surface area contributed by atoms with Crippen LogP contribution in [0.5, 0.6) is 0 Å². The lowest BCUT2D eigenvalue weighted by Crippen LogP contribution is -2.47. The van der Waals surface area contributed by atoms with Gasteiger partial charge in [0, 0.05) is 5.41 Å². The van der Waals surface area contributed by atoms with E-state index in [1.165, 1.54) is 41.5 Å². The number of rotatable bonds is 6. The van der Waals surface area contributed by atoms with Gasteiger partial charge in [-0.2, -0.15) is 0 Å². The van der Waals surface area contributed by atoms with Crippen molar-refractivity contribution in [2.24, 2.45) is 52.3 Å². The van der Waals surface area contributed by atoms with Gasteiger partial charge in [-0.1, -0.05) is 145 Å². The van der Waals surface area contributed by atoms with Crippen molar-refractivity contribution >= 4 is 0 Å². The minimum absolute atomic E-state index is 0.0733. The summed E-state index contributed by atoms with van der Waals surface area (Å²) in [6.07, 6.45) is 22.8. The van der Waals surface area contributed by atoms with Crippen molar-refractivity contribution < 1.29 is 0 Å². The molecule has 6 rings (SSSR count). The second kappa shape index (κ2) is 11.0. The lowest BCUT2D eigenvalue weighted by atomic mass is 9.52. The van der Waals surface area contributed by atoms with Crippen LogP contribution < -0.4 is 0 Å². The fraction of sp³-hybridized carbons (Fsp3) is 0.476. The molecule has 2 fully saturated rings. The van der Waals surface area contributed by atoms with Gasteiger partial charge in [-0.3, -0.25) is 0 Å². The second-order valence-electron chi connectivity index (χ2n) is 15.8. The lowest BCUT2D eigenvalue weighted by Gasteiger charge is -2.50. The summed E-state index contributed by atoms with van der Waals surface area (Å²) in [5, 5.41) is 0. The predicted molar refractivity (Wildman–Crippen MR) is 180 cm³/mol. The van der Waals surface area contributed by atoms with Crippen LogP contribution in [0.25, 0.3) is 0 Å². The average molecular weight is 557 g/mol. The van der Waals surface area contributed by atoms with E-state index in [1.807, 2.05) is 0 Å². The van der Waals surface area contributed by atoms with Crippen LogP contribution in [0.2, 0.25) is 0 Å². The number of fused-ring (bicyclic) bond motifs is 3. The molecule has 2 aromatic rings. The van der Waals surface area contributed by atoms with Crippen LogP contribution in [0.4, 0.5) is 0 Å². The van der Waals surface area contributed by atoms with E-state index in [9.17, 15) is 0 Å². The fourth-order valence-electron chi connectivity index (χ4n) is 9.42. The minimum Gasteiger partial charge on any atom is -0.103 e. The molecule has 0 nitrogen and oxygen atoms in total. The van der Waals surface area contributed by atoms with E-state index >= 15 is 0 Å². The molecular formula is C42H52. The third-order valence-electron chi connectivity index (χ3n) is 11.3. The highest BCUT2D eigenvalue weighted by Crippen LogP contribution is 2.65. The third kappa shape index (κ3) is 4.94. The molecule has 0 aromatic heterocycles. The van der Waals surface area contributed by atoms with Crippen molar-refractivity contribution in [1.82, 2.24) is 0 Å². The Labute approximate surface area is 256 Å². The Balaban J connectivity index is 1.65. The highest BCUT2D eigenvalue weighted by molar-refractivity contribution is 5.48. The van der Waals surface area contributed by atoms with Crippen molar-refractivity contribution in [2.45, 2.75) is 72.6 Å². The van der Waals surface area contributed by atoms with Crippen LogP contribution in [0.1, 0.15) is 78.4 Å². The van der Waals surface area contributed by atoms with Gasteiger partial charge in [0.2, 0.25) is 0 Å². The number of hydrogen-bond donors (Lipinski definition) is 0. The zero-order valence-electron chi connectivity index (χ0n) is 26.9. The summed E-state index contributed by atoms with van der Waals surface area (Å²) in [4.78, 5) is 0. The van der Waals surface area contributed by atoms with Gasteiger partial charge >= 0.3 is 0 Å². The van der Waals surface area contributed by atoms with Crippen molar-refractivity contribution in [3.8, 4) is 0 Å². The molecule has 2 saturated carbocycles. The maximum atomic E-state index is 4.14. The predicted octanol–water partition coefficient (Wildman–Crippen LogP) is 11.1. The van der Waals surface area contributed by atoms with Crippen molar-refractivity contribution in [1.29, 1.82) is 0 Å². The first-order chi connectivity index (χ1) is 20.0. The fourth-order valence-corrected chi connectivity index (χ4v) is 9.42. The van der Waals surface area contributed by atoms with E-state index in [4.69, 9.17) is 0 Å². The van der Waals surface area contributed by atoms with Gasteiger partial charge < -0.3 is 0 Å². The molecule has 4 aliphatic carbocycles. The summed E-state index contributed by atoms with van der Waals surface area (Å²) >= 11 is 0. The summed E-state index contributed by atoms with van der Waals surface area (Å²) in [5.74, 6) is 3.80. The van der Waals surface area contributed by atoms with Gasteiger partial charge in [-0.15, -0.1) is 6.58 Å². The molecule has 0 aliphatic heterocycles. The van der Waals surface area contributed by atoms with Crippen LogP contribution in [-0.2, 0) is 5.41 Å². The first-order valence-electron chi connectivity index (χ1n) is 16.6. The smallest absolute Gasteiger partial charge is 0.0270 e. The van der Waals surface area contributed by atoms with Crippen LogP contribution in [0, 0.1) is 52.3 Å². The summed E-state index contributed by atoms with van der Waals surface area (Å²) in [7, 11) is 0. The molecule has 6 unspecified atom stereocenters. The van der Waals surface area contributed by atoms with E-state index in [-0.39, 0.29) is 16.2 Å². The highest BCUT2D eigenvalue weighted by atomic mass is 14.6. The Hall–Kier alpha value is -2.86. The largest absolute Gasteiger partial charge is 0.103 e. The maximum Gasteiger partial charge on any atom is 0.0270 e. The normalized spacial score (nSPS) is 30.9. The molecule has 4 aliphatic rings. The topological polar surface area (TPSA) is 0 Å². The van der Waals surface area contributed by atoms with Crippen molar-refractivity contribution in [3.05, 3.63) is 132 Å². The summed E-state index contributed by atoms with van der Waals surface area (Å²) in [6.45, 7) is 18.5. The first kappa shape index (κ1) is 29.2. The van der Waals surface area contributed by atoms with Gasteiger partial charge in [0.15, 0.2) is 0 Å². The third-order valence-corrected chi connectivity index (χ3v) is 11.3.